The molecule has 1 heterocycles. The maximum atomic E-state index is 12.9. The molecule has 3 aromatic carbocycles. The number of esters is 1. The van der Waals surface area contributed by atoms with Crippen molar-refractivity contribution in [1.82, 2.24) is 4.90 Å². The molecule has 0 unspecified atom stereocenters. The Hall–Kier alpha value is -3.75. The molecule has 1 aliphatic rings. The van der Waals surface area contributed by atoms with Crippen LogP contribution < -0.4 is 9.47 Å². The number of hydrogen-bond donors (Lipinski definition) is 0. The van der Waals surface area contributed by atoms with Crippen LogP contribution in [0.3, 0.4) is 0 Å². The first-order chi connectivity index (χ1) is 17.9. The summed E-state index contributed by atoms with van der Waals surface area (Å²) in [6.07, 6.45) is 1.79. The molecule has 0 aliphatic carbocycles. The first-order valence-corrected chi connectivity index (χ1v) is 12.7. The lowest BCUT2D eigenvalue weighted by atomic mass is 10.2. The molecule has 9 heteroatoms. The molecule has 3 aromatic rings. The first-order valence-electron chi connectivity index (χ1n) is 11.5. The van der Waals surface area contributed by atoms with Crippen molar-refractivity contribution in [3.05, 3.63) is 93.3 Å². The lowest BCUT2D eigenvalue weighted by Crippen LogP contribution is -2.23. The molecule has 4 rings (SSSR count). The summed E-state index contributed by atoms with van der Waals surface area (Å²) in [6, 6.07) is 19.7. The van der Waals surface area contributed by atoms with E-state index in [4.69, 9.17) is 25.8 Å². The van der Waals surface area contributed by atoms with Gasteiger partial charge in [0.1, 0.15) is 6.61 Å². The fourth-order valence-electron chi connectivity index (χ4n) is 3.43. The number of thioether (sulfide) groups is 1. The highest BCUT2D eigenvalue weighted by molar-refractivity contribution is 8.18. The minimum absolute atomic E-state index is 0.158. The third-order valence-electron chi connectivity index (χ3n) is 5.40. The number of carbonyl (C=O) groups excluding carboxylic acids is 2. The average Bonchev–Trinajstić information content (AvgIpc) is 3.16. The van der Waals surface area contributed by atoms with Crippen LogP contribution in [0.4, 0.5) is 5.69 Å². The van der Waals surface area contributed by atoms with Crippen molar-refractivity contribution in [2.45, 2.75) is 13.5 Å². The predicted octanol–water partition coefficient (Wildman–Crippen LogP) is 6.34. The van der Waals surface area contributed by atoms with Gasteiger partial charge in [-0.25, -0.2) is 9.79 Å². The number of amides is 1. The summed E-state index contributed by atoms with van der Waals surface area (Å²) >= 11 is 7.21. The molecule has 0 saturated carbocycles. The molecule has 1 saturated heterocycles. The molecule has 190 valence electrons. The minimum Gasteiger partial charge on any atom is -0.493 e. The van der Waals surface area contributed by atoms with Gasteiger partial charge in [0.25, 0.3) is 5.91 Å². The lowest BCUT2D eigenvalue weighted by Gasteiger charge is -2.11. The van der Waals surface area contributed by atoms with Crippen molar-refractivity contribution in [1.29, 1.82) is 0 Å². The van der Waals surface area contributed by atoms with Crippen molar-refractivity contribution >= 4 is 52.2 Å². The standard InChI is InChI=1S/C28H25ClN2O5S/c1-4-35-27(33)20-8-12-22(13-9-20)30-28-31(2)26(32)25(37-28)16-19-7-14-23(24(15-19)34-3)36-17-18-5-10-21(29)11-6-18/h5-16H,4,17H2,1-3H3. The van der Waals surface area contributed by atoms with Crippen LogP contribution in [0.5, 0.6) is 11.5 Å². The number of methoxy groups -OCH3 is 1. The van der Waals surface area contributed by atoms with Gasteiger partial charge in [0.2, 0.25) is 0 Å². The molecule has 1 fully saturated rings. The zero-order chi connectivity index (χ0) is 26.4. The van der Waals surface area contributed by atoms with E-state index < -0.39 is 0 Å². The Labute approximate surface area is 224 Å². The maximum Gasteiger partial charge on any atom is 0.338 e. The summed E-state index contributed by atoms with van der Waals surface area (Å²) in [4.78, 5) is 31.3. The van der Waals surface area contributed by atoms with Crippen molar-refractivity contribution in [3.63, 3.8) is 0 Å². The van der Waals surface area contributed by atoms with E-state index in [9.17, 15) is 9.59 Å². The van der Waals surface area contributed by atoms with E-state index in [-0.39, 0.29) is 11.9 Å². The average molecular weight is 537 g/mol. The van der Waals surface area contributed by atoms with E-state index in [1.807, 2.05) is 42.5 Å². The van der Waals surface area contributed by atoms with Crippen LogP contribution in [-0.4, -0.2) is 42.7 Å². The number of halogens is 1. The van der Waals surface area contributed by atoms with Crippen LogP contribution in [0.15, 0.2) is 76.6 Å². The van der Waals surface area contributed by atoms with E-state index in [1.165, 1.54) is 16.7 Å². The van der Waals surface area contributed by atoms with Gasteiger partial charge in [-0.15, -0.1) is 0 Å². The summed E-state index contributed by atoms with van der Waals surface area (Å²) in [5.74, 6) is 0.610. The van der Waals surface area contributed by atoms with Gasteiger partial charge >= 0.3 is 5.97 Å². The molecule has 0 radical (unpaired) electrons. The largest absolute Gasteiger partial charge is 0.493 e. The number of hydrogen-bond acceptors (Lipinski definition) is 7. The summed E-state index contributed by atoms with van der Waals surface area (Å²) in [6.45, 7) is 2.44. The Morgan fingerprint density at radius 1 is 1.05 bits per heavy atom. The van der Waals surface area contributed by atoms with Gasteiger partial charge in [-0.05, 0) is 84.4 Å². The van der Waals surface area contributed by atoms with Crippen LogP contribution in [0.25, 0.3) is 6.08 Å². The van der Waals surface area contributed by atoms with Gasteiger partial charge in [0, 0.05) is 12.1 Å². The highest BCUT2D eigenvalue weighted by Gasteiger charge is 2.30. The molecule has 0 aromatic heterocycles. The zero-order valence-electron chi connectivity index (χ0n) is 20.6. The van der Waals surface area contributed by atoms with E-state index >= 15 is 0 Å². The first kappa shape index (κ1) is 26.3. The number of nitrogens with zero attached hydrogens (tertiary/aromatic N) is 2. The van der Waals surface area contributed by atoms with Gasteiger partial charge < -0.3 is 14.2 Å². The van der Waals surface area contributed by atoms with E-state index in [1.54, 1.807) is 51.4 Å². The molecule has 37 heavy (non-hydrogen) atoms. The van der Waals surface area contributed by atoms with Gasteiger partial charge in [0.05, 0.1) is 29.9 Å². The Kier molecular flexibility index (Phi) is 8.53. The molecule has 0 atom stereocenters. The number of likely N-dealkylation sites (N-methyl/N-ethyl adjacent to an activating group) is 1. The highest BCUT2D eigenvalue weighted by Crippen LogP contribution is 2.35. The Morgan fingerprint density at radius 3 is 2.46 bits per heavy atom. The van der Waals surface area contributed by atoms with Gasteiger partial charge in [-0.2, -0.15) is 0 Å². The van der Waals surface area contributed by atoms with Crippen LogP contribution >= 0.6 is 23.4 Å². The van der Waals surface area contributed by atoms with Crippen molar-refractivity contribution < 1.29 is 23.8 Å². The highest BCUT2D eigenvalue weighted by atomic mass is 35.5. The fourth-order valence-corrected chi connectivity index (χ4v) is 4.55. The lowest BCUT2D eigenvalue weighted by molar-refractivity contribution is -0.121. The smallest absolute Gasteiger partial charge is 0.338 e. The van der Waals surface area contributed by atoms with Gasteiger partial charge in [-0.3, -0.25) is 9.69 Å². The number of aliphatic imine (C=N–C) groups is 1. The molecular weight excluding hydrogens is 512 g/mol. The number of benzene rings is 3. The molecule has 0 bridgehead atoms. The quantitative estimate of drug-likeness (QED) is 0.247. The fraction of sp³-hybridized carbons (Fsp3) is 0.179. The third-order valence-corrected chi connectivity index (χ3v) is 6.71. The molecule has 1 amide bonds. The molecule has 7 nitrogen and oxygen atoms in total. The molecule has 0 spiro atoms. The summed E-state index contributed by atoms with van der Waals surface area (Å²) in [5, 5.41) is 1.21. The molecule has 0 N–H and O–H groups in total. The SMILES string of the molecule is CCOC(=O)c1ccc(N=C2SC(=Cc3ccc(OCc4ccc(Cl)cc4)c(OC)c3)C(=O)N2C)cc1. The van der Waals surface area contributed by atoms with E-state index in [0.29, 0.717) is 51.1 Å². The normalized spacial score (nSPS) is 15.4. The van der Waals surface area contributed by atoms with E-state index in [2.05, 4.69) is 4.99 Å². The Bertz CT molecular complexity index is 1350. The number of rotatable bonds is 8. The topological polar surface area (TPSA) is 77.4 Å². The molecule has 1 aliphatic heterocycles. The molecular formula is C28H25ClN2O5S. The predicted molar refractivity (Wildman–Crippen MR) is 147 cm³/mol. The van der Waals surface area contributed by atoms with Crippen LogP contribution in [0.2, 0.25) is 5.02 Å². The van der Waals surface area contributed by atoms with Crippen LogP contribution in [0, 0.1) is 0 Å². The van der Waals surface area contributed by atoms with Gasteiger partial charge in [-0.1, -0.05) is 29.8 Å². The maximum absolute atomic E-state index is 12.9. The Morgan fingerprint density at radius 2 is 1.78 bits per heavy atom. The zero-order valence-corrected chi connectivity index (χ0v) is 22.1. The summed E-state index contributed by atoms with van der Waals surface area (Å²) in [5.41, 5.74) is 2.85. The second-order valence-corrected chi connectivity index (χ2v) is 9.41. The van der Waals surface area contributed by atoms with E-state index in [0.717, 1.165) is 11.1 Å². The van der Waals surface area contributed by atoms with Crippen LogP contribution in [-0.2, 0) is 16.1 Å². The number of ether oxygens (including phenoxy) is 3. The summed E-state index contributed by atoms with van der Waals surface area (Å²) < 4.78 is 16.4. The summed E-state index contributed by atoms with van der Waals surface area (Å²) in [7, 11) is 3.25. The van der Waals surface area contributed by atoms with Crippen molar-refractivity contribution in [2.24, 2.45) is 4.99 Å². The Balaban J connectivity index is 1.48. The second kappa shape index (κ2) is 12.0. The van der Waals surface area contributed by atoms with Crippen molar-refractivity contribution in [2.75, 3.05) is 20.8 Å². The van der Waals surface area contributed by atoms with Crippen LogP contribution in [0.1, 0.15) is 28.4 Å². The second-order valence-electron chi connectivity index (χ2n) is 7.96. The van der Waals surface area contributed by atoms with Crippen molar-refractivity contribution in [3.8, 4) is 11.5 Å². The monoisotopic (exact) mass is 536 g/mol. The number of carbonyl (C=O) groups is 2. The third kappa shape index (κ3) is 6.53. The van der Waals surface area contributed by atoms with Gasteiger partial charge in [0.15, 0.2) is 16.7 Å². The number of amidine groups is 1. The minimum atomic E-state index is -0.383.